The van der Waals surface area contributed by atoms with Crippen LogP contribution in [0.1, 0.15) is 40.0 Å². The van der Waals surface area contributed by atoms with E-state index in [0.29, 0.717) is 16.9 Å². The highest BCUT2D eigenvalue weighted by atomic mass is 15.1. The Kier molecular flexibility index (Phi) is 2.31. The molecule has 1 aromatic heterocycles. The predicted molar refractivity (Wildman–Crippen MR) is 82.7 cm³/mol. The fourth-order valence-corrected chi connectivity index (χ4v) is 4.65. The number of rotatable bonds is 2. The highest BCUT2D eigenvalue weighted by Crippen LogP contribution is 2.65. The van der Waals surface area contributed by atoms with Crippen molar-refractivity contribution in [2.75, 3.05) is 5.32 Å². The number of nitrogens with zero attached hydrogens (tertiary/aromatic N) is 1. The van der Waals surface area contributed by atoms with Gasteiger partial charge >= 0.3 is 0 Å². The molecule has 2 fully saturated rings. The SMILES string of the molecule is CC1(C)C2CCC1(C)C(Nc1ccc3cn[nH]c3c1)C2. The summed E-state index contributed by atoms with van der Waals surface area (Å²) in [6.45, 7) is 7.40. The predicted octanol–water partition coefficient (Wildman–Crippen LogP) is 4.19. The Labute approximate surface area is 120 Å². The van der Waals surface area contributed by atoms with Crippen LogP contribution in [-0.2, 0) is 0 Å². The fraction of sp³-hybridized carbons (Fsp3) is 0.588. The van der Waals surface area contributed by atoms with Gasteiger partial charge in [-0.2, -0.15) is 5.10 Å². The molecule has 2 saturated carbocycles. The average molecular weight is 269 g/mol. The van der Waals surface area contributed by atoms with Gasteiger partial charge in [0.2, 0.25) is 0 Å². The molecule has 2 aliphatic rings. The lowest BCUT2D eigenvalue weighted by Crippen LogP contribution is -2.40. The number of nitrogens with one attached hydrogen (secondary N) is 2. The van der Waals surface area contributed by atoms with Crippen molar-refractivity contribution >= 4 is 16.6 Å². The molecule has 0 spiro atoms. The first-order chi connectivity index (χ1) is 9.50. The Morgan fingerprint density at radius 1 is 1.30 bits per heavy atom. The Hall–Kier alpha value is -1.51. The van der Waals surface area contributed by atoms with Crippen LogP contribution in [0.25, 0.3) is 10.9 Å². The third-order valence-corrected chi connectivity index (χ3v) is 6.58. The topological polar surface area (TPSA) is 40.7 Å². The lowest BCUT2D eigenvalue weighted by molar-refractivity contribution is 0.142. The second-order valence-corrected chi connectivity index (χ2v) is 7.48. The van der Waals surface area contributed by atoms with Crippen molar-refractivity contribution in [3.8, 4) is 0 Å². The van der Waals surface area contributed by atoms with E-state index in [-0.39, 0.29) is 0 Å². The van der Waals surface area contributed by atoms with Gasteiger partial charge in [0, 0.05) is 17.1 Å². The van der Waals surface area contributed by atoms with Crippen molar-refractivity contribution in [2.24, 2.45) is 16.7 Å². The first kappa shape index (κ1) is 12.2. The van der Waals surface area contributed by atoms with Crippen LogP contribution in [-0.4, -0.2) is 16.2 Å². The zero-order valence-electron chi connectivity index (χ0n) is 12.5. The summed E-state index contributed by atoms with van der Waals surface area (Å²) in [4.78, 5) is 0. The quantitative estimate of drug-likeness (QED) is 0.858. The highest BCUT2D eigenvalue weighted by Gasteiger charge is 2.61. The molecule has 2 aliphatic carbocycles. The molecule has 3 nitrogen and oxygen atoms in total. The maximum absolute atomic E-state index is 4.10. The van der Waals surface area contributed by atoms with Gasteiger partial charge in [-0.15, -0.1) is 0 Å². The lowest BCUT2D eigenvalue weighted by atomic mass is 9.69. The van der Waals surface area contributed by atoms with Crippen LogP contribution >= 0.6 is 0 Å². The van der Waals surface area contributed by atoms with E-state index in [0.717, 1.165) is 11.4 Å². The number of aromatic amines is 1. The van der Waals surface area contributed by atoms with E-state index in [1.165, 1.54) is 30.3 Å². The van der Waals surface area contributed by atoms with Crippen LogP contribution in [0.15, 0.2) is 24.4 Å². The number of hydrogen-bond donors (Lipinski definition) is 2. The Balaban J connectivity index is 1.63. The van der Waals surface area contributed by atoms with Crippen LogP contribution in [0.4, 0.5) is 5.69 Å². The minimum Gasteiger partial charge on any atom is -0.382 e. The van der Waals surface area contributed by atoms with Crippen molar-refractivity contribution in [3.05, 3.63) is 24.4 Å². The summed E-state index contributed by atoms with van der Waals surface area (Å²) in [6.07, 6.45) is 5.95. The van der Waals surface area contributed by atoms with Crippen molar-refractivity contribution in [3.63, 3.8) is 0 Å². The van der Waals surface area contributed by atoms with Gasteiger partial charge in [0.25, 0.3) is 0 Å². The van der Waals surface area contributed by atoms with Crippen molar-refractivity contribution in [1.82, 2.24) is 10.2 Å². The summed E-state index contributed by atoms with van der Waals surface area (Å²) < 4.78 is 0. The molecule has 3 unspecified atom stereocenters. The van der Waals surface area contributed by atoms with Crippen LogP contribution in [0, 0.1) is 16.7 Å². The minimum atomic E-state index is 0.417. The van der Waals surface area contributed by atoms with Gasteiger partial charge in [0.05, 0.1) is 11.7 Å². The lowest BCUT2D eigenvalue weighted by Gasteiger charge is -2.40. The second-order valence-electron chi connectivity index (χ2n) is 7.48. The molecule has 2 bridgehead atoms. The molecule has 0 saturated heterocycles. The van der Waals surface area contributed by atoms with E-state index in [2.05, 4.69) is 54.5 Å². The van der Waals surface area contributed by atoms with Crippen molar-refractivity contribution in [2.45, 2.75) is 46.1 Å². The standard InChI is InChI=1S/C17H23N3/c1-16(2)12-6-7-17(16,3)15(8-12)19-13-5-4-11-10-18-20-14(11)9-13/h4-5,9-10,12,15,19H,6-8H2,1-3H3,(H,18,20). The summed E-state index contributed by atoms with van der Waals surface area (Å²) in [6, 6.07) is 7.10. The number of aromatic nitrogens is 2. The van der Waals surface area contributed by atoms with Crippen LogP contribution in [0.3, 0.4) is 0 Å². The molecule has 3 heteroatoms. The molecule has 2 aromatic rings. The molecular formula is C17H23N3. The molecule has 3 atom stereocenters. The molecule has 106 valence electrons. The number of anilines is 1. The molecule has 20 heavy (non-hydrogen) atoms. The smallest absolute Gasteiger partial charge is 0.0670 e. The summed E-state index contributed by atoms with van der Waals surface area (Å²) in [5, 5.41) is 12.1. The van der Waals surface area contributed by atoms with Crippen LogP contribution < -0.4 is 5.32 Å². The summed E-state index contributed by atoms with van der Waals surface area (Å²) in [5.41, 5.74) is 3.21. The van der Waals surface area contributed by atoms with Gasteiger partial charge in [-0.1, -0.05) is 20.8 Å². The molecule has 0 amide bonds. The number of fused-ring (bicyclic) bond motifs is 3. The maximum Gasteiger partial charge on any atom is 0.0670 e. The first-order valence-electron chi connectivity index (χ1n) is 7.70. The Morgan fingerprint density at radius 3 is 2.85 bits per heavy atom. The Morgan fingerprint density at radius 2 is 2.15 bits per heavy atom. The zero-order valence-corrected chi connectivity index (χ0v) is 12.5. The van der Waals surface area contributed by atoms with Gasteiger partial charge in [0.15, 0.2) is 0 Å². The van der Waals surface area contributed by atoms with Gasteiger partial charge in [-0.25, -0.2) is 0 Å². The molecule has 4 rings (SSSR count). The minimum absolute atomic E-state index is 0.417. The number of H-pyrrole nitrogens is 1. The third kappa shape index (κ3) is 1.44. The third-order valence-electron chi connectivity index (χ3n) is 6.58. The monoisotopic (exact) mass is 269 g/mol. The van der Waals surface area contributed by atoms with E-state index < -0.39 is 0 Å². The largest absolute Gasteiger partial charge is 0.382 e. The zero-order chi connectivity index (χ0) is 14.0. The highest BCUT2D eigenvalue weighted by molar-refractivity contribution is 5.81. The molecule has 1 aromatic carbocycles. The van der Waals surface area contributed by atoms with E-state index in [9.17, 15) is 0 Å². The summed E-state index contributed by atoms with van der Waals surface area (Å²) in [5.74, 6) is 0.876. The maximum atomic E-state index is 4.10. The normalized spacial score (nSPS) is 34.8. The number of hydrogen-bond acceptors (Lipinski definition) is 2. The summed E-state index contributed by atoms with van der Waals surface area (Å²) in [7, 11) is 0. The molecule has 0 aliphatic heterocycles. The first-order valence-corrected chi connectivity index (χ1v) is 7.70. The van der Waals surface area contributed by atoms with Gasteiger partial charge < -0.3 is 5.32 Å². The summed E-state index contributed by atoms with van der Waals surface area (Å²) >= 11 is 0. The van der Waals surface area contributed by atoms with Crippen LogP contribution in [0.5, 0.6) is 0 Å². The fourth-order valence-electron chi connectivity index (χ4n) is 4.65. The molecule has 1 heterocycles. The molecular weight excluding hydrogens is 246 g/mol. The van der Waals surface area contributed by atoms with E-state index >= 15 is 0 Å². The number of benzene rings is 1. The van der Waals surface area contributed by atoms with Crippen LogP contribution in [0.2, 0.25) is 0 Å². The van der Waals surface area contributed by atoms with Crippen molar-refractivity contribution < 1.29 is 0 Å². The van der Waals surface area contributed by atoms with Crippen molar-refractivity contribution in [1.29, 1.82) is 0 Å². The average Bonchev–Trinajstić information content (AvgIpc) is 3.00. The van der Waals surface area contributed by atoms with E-state index in [1.807, 2.05) is 6.20 Å². The molecule has 0 radical (unpaired) electrons. The second kappa shape index (κ2) is 3.78. The van der Waals surface area contributed by atoms with E-state index in [4.69, 9.17) is 0 Å². The van der Waals surface area contributed by atoms with Gasteiger partial charge in [0.1, 0.15) is 0 Å². The van der Waals surface area contributed by atoms with E-state index in [1.54, 1.807) is 0 Å². The van der Waals surface area contributed by atoms with Gasteiger partial charge in [-0.3, -0.25) is 5.10 Å². The molecule has 2 N–H and O–H groups in total. The van der Waals surface area contributed by atoms with Gasteiger partial charge in [-0.05, 0) is 54.2 Å². The Bertz CT molecular complexity index is 657.